The molecule has 3 rings (SSSR count). The van der Waals surface area contributed by atoms with Gasteiger partial charge in [0.25, 0.3) is 5.79 Å². The number of alkyl carbamates (subject to hydrolysis) is 1. The fraction of sp³-hybridized carbons (Fsp3) is 0.444. The summed E-state index contributed by atoms with van der Waals surface area (Å²) < 4.78 is 16.1. The Morgan fingerprint density at radius 3 is 2.14 bits per heavy atom. The summed E-state index contributed by atoms with van der Waals surface area (Å²) in [7, 11) is 0. The maximum Gasteiger partial charge on any atom is 0.407 e. The molecule has 1 aliphatic rings. The summed E-state index contributed by atoms with van der Waals surface area (Å²) in [5.74, 6) is -2.71. The normalized spacial score (nSPS) is 17.7. The Morgan fingerprint density at radius 1 is 1.00 bits per heavy atom. The van der Waals surface area contributed by atoms with Crippen LogP contribution in [-0.2, 0) is 30.2 Å². The van der Waals surface area contributed by atoms with Crippen LogP contribution < -0.4 is 5.32 Å². The van der Waals surface area contributed by atoms with Crippen molar-refractivity contribution in [3.05, 3.63) is 59.1 Å². The van der Waals surface area contributed by atoms with Crippen molar-refractivity contribution in [2.75, 3.05) is 0 Å². The Morgan fingerprint density at radius 2 is 1.60 bits per heavy atom. The van der Waals surface area contributed by atoms with E-state index in [0.29, 0.717) is 11.4 Å². The number of halogens is 1. The number of ether oxygens (including phenoxy) is 3. The number of hydrogen-bond acceptors (Lipinski definition) is 6. The van der Waals surface area contributed by atoms with Crippen LogP contribution in [0.4, 0.5) is 4.79 Å². The third-order valence-corrected chi connectivity index (χ3v) is 5.78. The highest BCUT2D eigenvalue weighted by Crippen LogP contribution is 2.36. The standard InChI is InChI=1S/C27H32ClNO6/c1-25(2,3)35-24(32)29-21(16-27(6)22(30)33-26(4,5)34-23(27)31)14-17-10-12-18(13-11-17)19-8-7-9-20(28)15-19/h7-13,15,21H,14,16H2,1-6H3,(H,29,32)/t21-/m1/s1. The van der Waals surface area contributed by atoms with Gasteiger partial charge in [-0.05, 0) is 69.4 Å². The monoisotopic (exact) mass is 501 g/mol. The van der Waals surface area contributed by atoms with Gasteiger partial charge in [-0.2, -0.15) is 0 Å². The Kier molecular flexibility index (Phi) is 7.50. The van der Waals surface area contributed by atoms with Gasteiger partial charge in [-0.25, -0.2) is 4.79 Å². The minimum atomic E-state index is -1.57. The molecule has 0 bridgehead atoms. The predicted octanol–water partition coefficient (Wildman–Crippen LogP) is 5.68. The van der Waals surface area contributed by atoms with Crippen LogP contribution in [0.5, 0.6) is 0 Å². The smallest absolute Gasteiger partial charge is 0.407 e. The molecule has 1 amide bonds. The van der Waals surface area contributed by atoms with Crippen molar-refractivity contribution in [3.63, 3.8) is 0 Å². The lowest BCUT2D eigenvalue weighted by molar-refractivity contribution is -0.250. The van der Waals surface area contributed by atoms with E-state index in [1.165, 1.54) is 20.8 Å². The van der Waals surface area contributed by atoms with Gasteiger partial charge >= 0.3 is 18.0 Å². The topological polar surface area (TPSA) is 90.9 Å². The lowest BCUT2D eigenvalue weighted by Gasteiger charge is -2.39. The first-order chi connectivity index (χ1) is 16.2. The van der Waals surface area contributed by atoms with Gasteiger partial charge < -0.3 is 19.5 Å². The van der Waals surface area contributed by atoms with Crippen LogP contribution in [0.1, 0.15) is 53.5 Å². The molecule has 0 spiro atoms. The first kappa shape index (κ1) is 26.5. The van der Waals surface area contributed by atoms with Crippen molar-refractivity contribution in [1.82, 2.24) is 5.32 Å². The van der Waals surface area contributed by atoms with Crippen molar-refractivity contribution in [3.8, 4) is 11.1 Å². The molecule has 1 saturated heterocycles. The van der Waals surface area contributed by atoms with Crippen molar-refractivity contribution < 1.29 is 28.6 Å². The maximum atomic E-state index is 12.8. The molecule has 1 N–H and O–H groups in total. The molecule has 1 heterocycles. The van der Waals surface area contributed by atoms with Crippen LogP contribution >= 0.6 is 11.6 Å². The van der Waals surface area contributed by atoms with Crippen molar-refractivity contribution >= 4 is 29.6 Å². The van der Waals surface area contributed by atoms with Crippen LogP contribution in [-0.4, -0.2) is 35.5 Å². The van der Waals surface area contributed by atoms with E-state index in [4.69, 9.17) is 25.8 Å². The Bertz CT molecular complexity index is 1080. The molecule has 0 aliphatic carbocycles. The van der Waals surface area contributed by atoms with E-state index in [9.17, 15) is 14.4 Å². The highest BCUT2D eigenvalue weighted by atomic mass is 35.5. The number of cyclic esters (lactones) is 2. The van der Waals surface area contributed by atoms with E-state index in [0.717, 1.165) is 16.7 Å². The molecular weight excluding hydrogens is 470 g/mol. The van der Waals surface area contributed by atoms with Crippen LogP contribution in [0.3, 0.4) is 0 Å². The van der Waals surface area contributed by atoms with Crippen LogP contribution in [0.15, 0.2) is 48.5 Å². The number of benzene rings is 2. The van der Waals surface area contributed by atoms with Crippen LogP contribution in [0.25, 0.3) is 11.1 Å². The quantitative estimate of drug-likeness (QED) is 0.404. The Hall–Kier alpha value is -3.06. The largest absolute Gasteiger partial charge is 0.444 e. The summed E-state index contributed by atoms with van der Waals surface area (Å²) in [6.07, 6.45) is -0.301. The zero-order chi connectivity index (χ0) is 26.0. The van der Waals surface area contributed by atoms with E-state index in [2.05, 4.69) is 5.32 Å². The van der Waals surface area contributed by atoms with Gasteiger partial charge in [0.05, 0.1) is 0 Å². The molecule has 0 unspecified atom stereocenters. The second kappa shape index (κ2) is 9.90. The van der Waals surface area contributed by atoms with Crippen molar-refractivity contribution in [1.29, 1.82) is 0 Å². The van der Waals surface area contributed by atoms with Crippen LogP contribution in [0.2, 0.25) is 5.02 Å². The summed E-state index contributed by atoms with van der Waals surface area (Å²) in [6.45, 7) is 9.75. The van der Waals surface area contributed by atoms with Gasteiger partial charge in [-0.3, -0.25) is 9.59 Å². The third-order valence-electron chi connectivity index (χ3n) is 5.55. The average molecular weight is 502 g/mol. The number of carbonyl (C=O) groups is 3. The molecule has 188 valence electrons. The molecule has 1 atom stereocenters. The summed E-state index contributed by atoms with van der Waals surface area (Å²) in [4.78, 5) is 38.2. The lowest BCUT2D eigenvalue weighted by atomic mass is 9.81. The van der Waals surface area contributed by atoms with Gasteiger partial charge in [-0.15, -0.1) is 0 Å². The van der Waals surface area contributed by atoms with E-state index in [1.54, 1.807) is 20.8 Å². The fourth-order valence-electron chi connectivity index (χ4n) is 3.87. The van der Waals surface area contributed by atoms with E-state index >= 15 is 0 Å². The first-order valence-electron chi connectivity index (χ1n) is 11.5. The molecule has 1 fully saturated rings. The van der Waals surface area contributed by atoms with Crippen molar-refractivity contribution in [2.45, 2.75) is 71.8 Å². The van der Waals surface area contributed by atoms with Gasteiger partial charge in [0.15, 0.2) is 5.41 Å². The van der Waals surface area contributed by atoms with E-state index < -0.39 is 40.9 Å². The molecule has 0 radical (unpaired) electrons. The second-order valence-electron chi connectivity index (χ2n) is 10.5. The molecule has 2 aromatic carbocycles. The first-order valence-corrected chi connectivity index (χ1v) is 11.9. The Balaban J connectivity index is 1.82. The molecule has 7 nitrogen and oxygen atoms in total. The lowest BCUT2D eigenvalue weighted by Crippen LogP contribution is -2.55. The highest BCUT2D eigenvalue weighted by molar-refractivity contribution is 6.30. The third kappa shape index (κ3) is 6.98. The number of hydrogen-bond donors (Lipinski definition) is 1. The van der Waals surface area contributed by atoms with Gasteiger partial charge in [0.1, 0.15) is 5.60 Å². The summed E-state index contributed by atoms with van der Waals surface area (Å²) in [6, 6.07) is 14.7. The van der Waals surface area contributed by atoms with E-state index in [-0.39, 0.29) is 6.42 Å². The molecule has 2 aromatic rings. The molecule has 0 saturated carbocycles. The summed E-state index contributed by atoms with van der Waals surface area (Å²) >= 11 is 6.11. The highest BCUT2D eigenvalue weighted by Gasteiger charge is 2.53. The summed E-state index contributed by atoms with van der Waals surface area (Å²) in [5, 5.41) is 3.46. The number of nitrogens with one attached hydrogen (secondary N) is 1. The predicted molar refractivity (Wildman–Crippen MR) is 133 cm³/mol. The number of esters is 2. The van der Waals surface area contributed by atoms with E-state index in [1.807, 2.05) is 48.5 Å². The van der Waals surface area contributed by atoms with Gasteiger partial charge in [0.2, 0.25) is 0 Å². The molecular formula is C27H32ClNO6. The van der Waals surface area contributed by atoms with Gasteiger partial charge in [-0.1, -0.05) is 48.0 Å². The molecule has 0 aromatic heterocycles. The Labute approximate surface area is 211 Å². The SMILES string of the molecule is CC(C)(C)OC(=O)N[C@H](Cc1ccc(-c2cccc(Cl)c2)cc1)CC1(C)C(=O)OC(C)(C)OC1=O. The fourth-order valence-corrected chi connectivity index (χ4v) is 4.06. The number of amides is 1. The van der Waals surface area contributed by atoms with Crippen molar-refractivity contribution in [2.24, 2.45) is 5.41 Å². The maximum absolute atomic E-state index is 12.8. The number of carbonyl (C=O) groups excluding carboxylic acids is 3. The minimum Gasteiger partial charge on any atom is -0.444 e. The van der Waals surface area contributed by atoms with Crippen LogP contribution in [0, 0.1) is 5.41 Å². The second-order valence-corrected chi connectivity index (χ2v) is 10.9. The zero-order valence-corrected chi connectivity index (χ0v) is 21.7. The molecule has 35 heavy (non-hydrogen) atoms. The van der Waals surface area contributed by atoms with Gasteiger partial charge in [0, 0.05) is 24.9 Å². The minimum absolute atomic E-state index is 0.0178. The zero-order valence-electron chi connectivity index (χ0n) is 20.9. The average Bonchev–Trinajstić information content (AvgIpc) is 2.71. The molecule has 1 aliphatic heterocycles. The number of rotatable bonds is 6. The summed E-state index contributed by atoms with van der Waals surface area (Å²) in [5.41, 5.74) is 0.593. The molecule has 8 heteroatoms.